The van der Waals surface area contributed by atoms with Crippen LogP contribution in [0.15, 0.2) is 16.5 Å². The van der Waals surface area contributed by atoms with E-state index in [4.69, 9.17) is 20.8 Å². The van der Waals surface area contributed by atoms with Crippen LogP contribution in [-0.2, 0) is 11.3 Å². The maximum Gasteiger partial charge on any atom is 0.193 e. The van der Waals surface area contributed by atoms with E-state index >= 15 is 0 Å². The SMILES string of the molecule is COCCNCCN(C)Cc1ccc(Cl)o1. The maximum absolute atomic E-state index is 5.69. The lowest BCUT2D eigenvalue weighted by atomic mass is 10.4. The summed E-state index contributed by atoms with van der Waals surface area (Å²) in [7, 11) is 3.75. The van der Waals surface area contributed by atoms with Crippen molar-refractivity contribution < 1.29 is 9.15 Å². The average Bonchev–Trinajstić information content (AvgIpc) is 2.63. The summed E-state index contributed by atoms with van der Waals surface area (Å²) < 4.78 is 10.2. The first kappa shape index (κ1) is 13.5. The summed E-state index contributed by atoms with van der Waals surface area (Å²) in [4.78, 5) is 2.18. The number of nitrogens with zero attached hydrogens (tertiary/aromatic N) is 1. The highest BCUT2D eigenvalue weighted by molar-refractivity contribution is 6.28. The number of likely N-dealkylation sites (N-methyl/N-ethyl adjacent to an activating group) is 1. The van der Waals surface area contributed by atoms with Crippen LogP contribution < -0.4 is 5.32 Å². The zero-order valence-electron chi connectivity index (χ0n) is 9.83. The molecule has 0 aliphatic carbocycles. The number of nitrogens with one attached hydrogen (secondary N) is 1. The van der Waals surface area contributed by atoms with Crippen LogP contribution in [0.2, 0.25) is 5.22 Å². The van der Waals surface area contributed by atoms with Gasteiger partial charge in [-0.3, -0.25) is 4.90 Å². The van der Waals surface area contributed by atoms with Gasteiger partial charge >= 0.3 is 0 Å². The van der Waals surface area contributed by atoms with Gasteiger partial charge in [0.1, 0.15) is 5.76 Å². The van der Waals surface area contributed by atoms with Gasteiger partial charge in [0.25, 0.3) is 0 Å². The van der Waals surface area contributed by atoms with Crippen LogP contribution in [-0.4, -0.2) is 45.3 Å². The second-order valence-corrected chi connectivity index (χ2v) is 4.06. The summed E-state index contributed by atoms with van der Waals surface area (Å²) in [6.07, 6.45) is 0. The van der Waals surface area contributed by atoms with Crippen LogP contribution in [0.3, 0.4) is 0 Å². The largest absolute Gasteiger partial charge is 0.448 e. The minimum Gasteiger partial charge on any atom is -0.448 e. The second-order valence-electron chi connectivity index (χ2n) is 3.69. The summed E-state index contributed by atoms with van der Waals surface area (Å²) in [5.41, 5.74) is 0. The summed E-state index contributed by atoms with van der Waals surface area (Å²) in [6, 6.07) is 3.67. The lowest BCUT2D eigenvalue weighted by Gasteiger charge is -2.15. The Balaban J connectivity index is 2.09. The van der Waals surface area contributed by atoms with Crippen molar-refractivity contribution in [3.63, 3.8) is 0 Å². The van der Waals surface area contributed by atoms with E-state index in [2.05, 4.69) is 17.3 Å². The zero-order valence-corrected chi connectivity index (χ0v) is 10.6. The van der Waals surface area contributed by atoms with Gasteiger partial charge in [-0.05, 0) is 30.8 Å². The number of furan rings is 1. The van der Waals surface area contributed by atoms with Gasteiger partial charge in [-0.15, -0.1) is 0 Å². The molecule has 0 spiro atoms. The van der Waals surface area contributed by atoms with Crippen molar-refractivity contribution in [1.29, 1.82) is 0 Å². The summed E-state index contributed by atoms with van der Waals surface area (Å²) in [5.74, 6) is 0.893. The van der Waals surface area contributed by atoms with E-state index in [0.717, 1.165) is 38.5 Å². The van der Waals surface area contributed by atoms with Crippen LogP contribution in [0.4, 0.5) is 0 Å². The van der Waals surface area contributed by atoms with E-state index in [1.54, 1.807) is 13.2 Å². The summed E-state index contributed by atoms with van der Waals surface area (Å²) >= 11 is 5.69. The molecule has 0 aliphatic heterocycles. The topological polar surface area (TPSA) is 37.6 Å². The van der Waals surface area contributed by atoms with Crippen molar-refractivity contribution in [2.45, 2.75) is 6.54 Å². The quantitative estimate of drug-likeness (QED) is 0.707. The van der Waals surface area contributed by atoms with Gasteiger partial charge in [0.15, 0.2) is 5.22 Å². The van der Waals surface area contributed by atoms with Gasteiger partial charge in [-0.25, -0.2) is 0 Å². The van der Waals surface area contributed by atoms with E-state index in [0.29, 0.717) is 5.22 Å². The van der Waals surface area contributed by atoms with Crippen molar-refractivity contribution >= 4 is 11.6 Å². The molecule has 0 aromatic carbocycles. The van der Waals surface area contributed by atoms with Gasteiger partial charge in [-0.2, -0.15) is 0 Å². The molecule has 0 unspecified atom stereocenters. The average molecular weight is 247 g/mol. The van der Waals surface area contributed by atoms with E-state index in [1.165, 1.54) is 0 Å². The summed E-state index contributed by atoms with van der Waals surface area (Å²) in [6.45, 7) is 4.31. The van der Waals surface area contributed by atoms with Crippen molar-refractivity contribution in [2.24, 2.45) is 0 Å². The molecular formula is C11H19ClN2O2. The summed E-state index contributed by atoms with van der Waals surface area (Å²) in [5, 5.41) is 3.73. The minimum atomic E-state index is 0.446. The van der Waals surface area contributed by atoms with Crippen LogP contribution in [0.25, 0.3) is 0 Å². The van der Waals surface area contributed by atoms with E-state index in [-0.39, 0.29) is 0 Å². The Hall–Kier alpha value is -0.550. The molecule has 4 nitrogen and oxygen atoms in total. The molecule has 0 bridgehead atoms. The third-order valence-corrected chi connectivity index (χ3v) is 2.41. The van der Waals surface area contributed by atoms with Gasteiger partial charge in [0.2, 0.25) is 0 Å². The highest BCUT2D eigenvalue weighted by Gasteiger charge is 2.03. The molecule has 16 heavy (non-hydrogen) atoms. The first-order chi connectivity index (χ1) is 7.72. The third-order valence-electron chi connectivity index (χ3n) is 2.21. The van der Waals surface area contributed by atoms with Crippen molar-refractivity contribution in [3.05, 3.63) is 23.1 Å². The Morgan fingerprint density at radius 1 is 1.44 bits per heavy atom. The molecule has 92 valence electrons. The molecule has 0 radical (unpaired) electrons. The monoisotopic (exact) mass is 246 g/mol. The number of methoxy groups -OCH3 is 1. The first-order valence-electron chi connectivity index (χ1n) is 5.35. The molecule has 1 rings (SSSR count). The molecule has 1 aromatic rings. The minimum absolute atomic E-state index is 0.446. The number of rotatable bonds is 8. The van der Waals surface area contributed by atoms with E-state index in [1.807, 2.05) is 6.07 Å². The molecule has 0 saturated heterocycles. The standard InChI is InChI=1S/C11H19ClN2O2/c1-14(7-5-13-6-8-15-2)9-10-3-4-11(12)16-10/h3-4,13H,5-9H2,1-2H3. The maximum atomic E-state index is 5.69. The predicted molar refractivity (Wildman–Crippen MR) is 64.8 cm³/mol. The van der Waals surface area contributed by atoms with Crippen molar-refractivity contribution in [1.82, 2.24) is 10.2 Å². The van der Waals surface area contributed by atoms with Gasteiger partial charge in [0.05, 0.1) is 13.2 Å². The molecule has 0 fully saturated rings. The Kier molecular flexibility index (Phi) is 6.49. The van der Waals surface area contributed by atoms with E-state index < -0.39 is 0 Å². The molecule has 1 N–H and O–H groups in total. The molecule has 1 aromatic heterocycles. The number of hydrogen-bond acceptors (Lipinski definition) is 4. The molecule has 0 aliphatic rings. The molecule has 0 atom stereocenters. The Bertz CT molecular complexity index is 291. The Labute approximate surface area is 102 Å². The molecule has 0 saturated carbocycles. The number of ether oxygens (including phenoxy) is 1. The van der Waals surface area contributed by atoms with Crippen molar-refractivity contribution in [2.75, 3.05) is 40.4 Å². The Morgan fingerprint density at radius 3 is 2.88 bits per heavy atom. The fourth-order valence-corrected chi connectivity index (χ4v) is 1.51. The van der Waals surface area contributed by atoms with Crippen LogP contribution >= 0.6 is 11.6 Å². The fraction of sp³-hybridized carbons (Fsp3) is 0.636. The number of hydrogen-bond donors (Lipinski definition) is 1. The Morgan fingerprint density at radius 2 is 2.25 bits per heavy atom. The van der Waals surface area contributed by atoms with E-state index in [9.17, 15) is 0 Å². The normalized spacial score (nSPS) is 11.2. The number of halogens is 1. The van der Waals surface area contributed by atoms with Crippen molar-refractivity contribution in [3.8, 4) is 0 Å². The van der Waals surface area contributed by atoms with Crippen LogP contribution in [0, 0.1) is 0 Å². The highest BCUT2D eigenvalue weighted by atomic mass is 35.5. The van der Waals surface area contributed by atoms with Crippen LogP contribution in [0.5, 0.6) is 0 Å². The van der Waals surface area contributed by atoms with Gasteiger partial charge in [-0.1, -0.05) is 0 Å². The lowest BCUT2D eigenvalue weighted by Crippen LogP contribution is -2.30. The third kappa shape index (κ3) is 5.51. The highest BCUT2D eigenvalue weighted by Crippen LogP contribution is 2.14. The lowest BCUT2D eigenvalue weighted by molar-refractivity contribution is 0.197. The molecule has 0 amide bonds. The second kappa shape index (κ2) is 7.68. The first-order valence-corrected chi connectivity index (χ1v) is 5.72. The smallest absolute Gasteiger partial charge is 0.193 e. The van der Waals surface area contributed by atoms with Crippen LogP contribution in [0.1, 0.15) is 5.76 Å². The molecule has 1 heterocycles. The molecule has 5 heteroatoms. The fourth-order valence-electron chi connectivity index (χ4n) is 1.35. The van der Waals surface area contributed by atoms with Gasteiger partial charge in [0, 0.05) is 26.7 Å². The molecular weight excluding hydrogens is 228 g/mol. The predicted octanol–water partition coefficient (Wildman–Crippen LogP) is 1.60. The zero-order chi connectivity index (χ0) is 11.8. The van der Waals surface area contributed by atoms with Gasteiger partial charge < -0.3 is 14.5 Å².